The number of hydrogen-bond donors (Lipinski definition) is 1. The Morgan fingerprint density at radius 1 is 1.47 bits per heavy atom. The normalized spacial score (nSPS) is 11.0. The van der Waals surface area contributed by atoms with E-state index in [1.165, 1.54) is 6.07 Å². The van der Waals surface area contributed by atoms with Crippen molar-refractivity contribution in [2.24, 2.45) is 0 Å². The maximum atomic E-state index is 12.9. The lowest BCUT2D eigenvalue weighted by Gasteiger charge is -2.07. The molecule has 19 heavy (non-hydrogen) atoms. The van der Waals surface area contributed by atoms with Crippen molar-refractivity contribution in [2.75, 3.05) is 4.72 Å². The summed E-state index contributed by atoms with van der Waals surface area (Å²) in [6.45, 7) is 0. The number of thiazole rings is 1. The highest BCUT2D eigenvalue weighted by Gasteiger charge is 2.19. The zero-order valence-corrected chi connectivity index (χ0v) is 11.5. The molecular formula is C10H5ClFN3O2S2. The Bertz CT molecular complexity index is 767. The van der Waals surface area contributed by atoms with E-state index < -0.39 is 15.8 Å². The van der Waals surface area contributed by atoms with Gasteiger partial charge in [0.05, 0.1) is 17.4 Å². The van der Waals surface area contributed by atoms with Gasteiger partial charge in [0.15, 0.2) is 8.68 Å². The molecule has 9 heteroatoms. The Morgan fingerprint density at radius 3 is 2.79 bits per heavy atom. The SMILES string of the molecule is N#Cc1cc(F)ccc1NS(=O)(=O)c1cnc(Cl)s1. The minimum Gasteiger partial charge on any atom is -0.278 e. The van der Waals surface area contributed by atoms with Gasteiger partial charge < -0.3 is 0 Å². The molecule has 0 amide bonds. The highest BCUT2D eigenvalue weighted by Crippen LogP contribution is 2.26. The summed E-state index contributed by atoms with van der Waals surface area (Å²) in [6.07, 6.45) is 1.10. The predicted octanol–water partition coefficient (Wildman–Crippen LogP) is 2.61. The molecule has 0 bridgehead atoms. The van der Waals surface area contributed by atoms with Gasteiger partial charge in [0, 0.05) is 0 Å². The highest BCUT2D eigenvalue weighted by atomic mass is 35.5. The van der Waals surface area contributed by atoms with Crippen molar-refractivity contribution in [2.45, 2.75) is 4.21 Å². The van der Waals surface area contributed by atoms with Crippen molar-refractivity contribution in [1.82, 2.24) is 4.98 Å². The first-order valence-electron chi connectivity index (χ1n) is 4.76. The third kappa shape index (κ3) is 3.01. The highest BCUT2D eigenvalue weighted by molar-refractivity contribution is 7.94. The van der Waals surface area contributed by atoms with Crippen molar-refractivity contribution in [1.29, 1.82) is 5.26 Å². The molecule has 2 rings (SSSR count). The molecule has 2 aromatic rings. The number of halogens is 2. The van der Waals surface area contributed by atoms with Gasteiger partial charge in [-0.3, -0.25) is 4.72 Å². The summed E-state index contributed by atoms with van der Waals surface area (Å²) in [7, 11) is -3.89. The molecular weight excluding hydrogens is 313 g/mol. The number of sulfonamides is 1. The largest absolute Gasteiger partial charge is 0.278 e. The third-order valence-electron chi connectivity index (χ3n) is 2.07. The number of hydrogen-bond acceptors (Lipinski definition) is 5. The van der Waals surface area contributed by atoms with Crippen molar-refractivity contribution in [3.8, 4) is 6.07 Å². The van der Waals surface area contributed by atoms with E-state index in [0.717, 1.165) is 29.7 Å². The Morgan fingerprint density at radius 2 is 2.21 bits per heavy atom. The second-order valence-electron chi connectivity index (χ2n) is 3.34. The lowest BCUT2D eigenvalue weighted by Crippen LogP contribution is -2.12. The molecule has 0 aliphatic rings. The van der Waals surface area contributed by atoms with E-state index >= 15 is 0 Å². The van der Waals surface area contributed by atoms with Crippen LogP contribution in [0.3, 0.4) is 0 Å². The van der Waals surface area contributed by atoms with Gasteiger partial charge in [0.2, 0.25) is 0 Å². The molecule has 0 spiro atoms. The Hall–Kier alpha value is -1.69. The molecule has 1 N–H and O–H groups in total. The Labute approximate surface area is 117 Å². The first-order chi connectivity index (χ1) is 8.92. The van der Waals surface area contributed by atoms with Gasteiger partial charge in [-0.2, -0.15) is 5.26 Å². The topological polar surface area (TPSA) is 82.9 Å². The van der Waals surface area contributed by atoms with E-state index in [1.807, 2.05) is 0 Å². The molecule has 0 unspecified atom stereocenters. The molecule has 1 aromatic carbocycles. The lowest BCUT2D eigenvalue weighted by atomic mass is 10.2. The summed E-state index contributed by atoms with van der Waals surface area (Å²) in [5.41, 5.74) is -0.118. The van der Waals surface area contributed by atoms with E-state index in [2.05, 4.69) is 9.71 Å². The summed E-state index contributed by atoms with van der Waals surface area (Å²) >= 11 is 6.34. The summed E-state index contributed by atoms with van der Waals surface area (Å²) in [5, 5.41) is 8.83. The molecule has 0 radical (unpaired) electrons. The van der Waals surface area contributed by atoms with Crippen molar-refractivity contribution in [3.05, 3.63) is 40.2 Å². The smallest absolute Gasteiger partial charge is 0.273 e. The molecule has 1 heterocycles. The van der Waals surface area contributed by atoms with E-state index in [1.54, 1.807) is 6.07 Å². The van der Waals surface area contributed by atoms with Crippen LogP contribution in [0.1, 0.15) is 5.56 Å². The standard InChI is InChI=1S/C10H5ClFN3O2S2/c11-10-14-5-9(18-10)19(16,17)15-8-2-1-7(12)3-6(8)4-13/h1-3,5,15H. The number of rotatable bonds is 3. The van der Waals surface area contributed by atoms with Crippen LogP contribution in [0.2, 0.25) is 4.47 Å². The molecule has 0 aliphatic heterocycles. The van der Waals surface area contributed by atoms with Crippen molar-refractivity contribution in [3.63, 3.8) is 0 Å². The number of benzene rings is 1. The van der Waals surface area contributed by atoms with Crippen LogP contribution in [0.4, 0.5) is 10.1 Å². The molecule has 98 valence electrons. The third-order valence-corrected chi connectivity index (χ3v) is 5.01. The molecule has 0 atom stereocenters. The van der Waals surface area contributed by atoms with E-state index in [9.17, 15) is 12.8 Å². The number of aromatic nitrogens is 1. The number of anilines is 1. The molecule has 0 saturated heterocycles. The monoisotopic (exact) mass is 317 g/mol. The fraction of sp³-hybridized carbons (Fsp3) is 0. The zero-order chi connectivity index (χ0) is 14.0. The predicted molar refractivity (Wildman–Crippen MR) is 69.0 cm³/mol. The van der Waals surface area contributed by atoms with Gasteiger partial charge in [0.25, 0.3) is 10.0 Å². The van der Waals surface area contributed by atoms with Crippen LogP contribution in [0.15, 0.2) is 28.6 Å². The quantitative estimate of drug-likeness (QED) is 0.943. The van der Waals surface area contributed by atoms with Crippen LogP contribution < -0.4 is 4.72 Å². The van der Waals surface area contributed by atoms with Gasteiger partial charge in [0.1, 0.15) is 11.9 Å². The van der Waals surface area contributed by atoms with Crippen LogP contribution in [-0.4, -0.2) is 13.4 Å². The molecule has 0 aliphatic carbocycles. The van der Waals surface area contributed by atoms with Gasteiger partial charge in [-0.05, 0) is 18.2 Å². The van der Waals surface area contributed by atoms with E-state index in [0.29, 0.717) is 0 Å². The van der Waals surface area contributed by atoms with Crippen LogP contribution in [0.25, 0.3) is 0 Å². The minimum absolute atomic E-state index is 0.00609. The van der Waals surface area contributed by atoms with Crippen LogP contribution in [0, 0.1) is 17.1 Å². The summed E-state index contributed by atoms with van der Waals surface area (Å²) in [4.78, 5) is 3.62. The van der Waals surface area contributed by atoms with Crippen molar-refractivity contribution >= 4 is 38.6 Å². The van der Waals surface area contributed by atoms with E-state index in [4.69, 9.17) is 16.9 Å². The van der Waals surface area contributed by atoms with Crippen molar-refractivity contribution < 1.29 is 12.8 Å². The maximum Gasteiger partial charge on any atom is 0.273 e. The van der Waals surface area contributed by atoms with Gasteiger partial charge in [-0.25, -0.2) is 17.8 Å². The number of nitrogens with one attached hydrogen (secondary N) is 1. The van der Waals surface area contributed by atoms with Gasteiger partial charge >= 0.3 is 0 Å². The average Bonchev–Trinajstić information content (AvgIpc) is 2.79. The van der Waals surface area contributed by atoms with Crippen LogP contribution >= 0.6 is 22.9 Å². The second kappa shape index (κ2) is 5.13. The average molecular weight is 318 g/mol. The lowest BCUT2D eigenvalue weighted by molar-refractivity contribution is 0.602. The van der Waals surface area contributed by atoms with Crippen LogP contribution in [-0.2, 0) is 10.0 Å². The Kier molecular flexibility index (Phi) is 3.71. The second-order valence-corrected chi connectivity index (χ2v) is 6.86. The molecule has 1 aromatic heterocycles. The summed E-state index contributed by atoms with van der Waals surface area (Å²) < 4.78 is 39.1. The first kappa shape index (κ1) is 13.7. The maximum absolute atomic E-state index is 12.9. The first-order valence-corrected chi connectivity index (χ1v) is 7.44. The summed E-state index contributed by atoms with van der Waals surface area (Å²) in [5.74, 6) is -0.625. The Balaban J connectivity index is 2.39. The van der Waals surface area contributed by atoms with E-state index in [-0.39, 0.29) is 19.9 Å². The molecule has 5 nitrogen and oxygen atoms in total. The summed E-state index contributed by atoms with van der Waals surface area (Å²) in [6, 6.07) is 4.88. The van der Waals surface area contributed by atoms with Gasteiger partial charge in [-0.1, -0.05) is 22.9 Å². The fourth-order valence-electron chi connectivity index (χ4n) is 1.26. The van der Waals surface area contributed by atoms with Crippen LogP contribution in [0.5, 0.6) is 0 Å². The number of nitriles is 1. The molecule has 0 fully saturated rings. The fourth-order valence-corrected chi connectivity index (χ4v) is 3.63. The minimum atomic E-state index is -3.89. The molecule has 0 saturated carbocycles. The van der Waals surface area contributed by atoms with Gasteiger partial charge in [-0.15, -0.1) is 0 Å². The zero-order valence-electron chi connectivity index (χ0n) is 9.09. The number of nitrogens with zero attached hydrogens (tertiary/aromatic N) is 2.